The highest BCUT2D eigenvalue weighted by atomic mass is 32.3. The van der Waals surface area contributed by atoms with Crippen molar-refractivity contribution in [3.63, 3.8) is 0 Å². The van der Waals surface area contributed by atoms with Gasteiger partial charge in [-0.3, -0.25) is 9.80 Å². The van der Waals surface area contributed by atoms with E-state index in [1.54, 1.807) is 7.05 Å². The molecule has 0 fully saturated rings. The maximum Gasteiger partial charge on any atom is 0.263 e. The molecule has 1 rings (SSSR count). The van der Waals surface area contributed by atoms with Crippen molar-refractivity contribution in [1.82, 2.24) is 10.3 Å². The highest BCUT2D eigenvalue weighted by Crippen LogP contribution is 2.24. The molecule has 0 aromatic carbocycles. The van der Waals surface area contributed by atoms with Crippen molar-refractivity contribution in [3.8, 4) is 0 Å². The molecule has 7 nitrogen and oxygen atoms in total. The summed E-state index contributed by atoms with van der Waals surface area (Å²) in [6.45, 7) is 1.34. The van der Waals surface area contributed by atoms with Crippen LogP contribution in [-0.4, -0.2) is 36.3 Å². The molecule has 0 saturated carbocycles. The molecule has 1 aliphatic rings. The van der Waals surface area contributed by atoms with Gasteiger partial charge in [-0.25, -0.2) is 13.6 Å². The van der Waals surface area contributed by atoms with Crippen molar-refractivity contribution in [2.24, 2.45) is 10.2 Å². The van der Waals surface area contributed by atoms with E-state index in [9.17, 15) is 13.2 Å². The number of nitrogens with one attached hydrogen (secondary N) is 1. The Balaban J connectivity index is 2.74. The third-order valence-electron chi connectivity index (χ3n) is 1.36. The van der Waals surface area contributed by atoms with Crippen LogP contribution in [0.5, 0.6) is 0 Å². The number of carbonyl (C=O) groups is 1. The van der Waals surface area contributed by atoms with Crippen LogP contribution in [0.15, 0.2) is 5.10 Å². The molecule has 0 aromatic rings. The van der Waals surface area contributed by atoms with Gasteiger partial charge in [-0.1, -0.05) is 0 Å². The molecule has 0 saturated heterocycles. The number of sulfonamides is 1. The lowest BCUT2D eigenvalue weighted by Gasteiger charge is -2.17. The fourth-order valence-corrected chi connectivity index (χ4v) is 2.64. The second-order valence-electron chi connectivity index (χ2n) is 2.66. The fourth-order valence-electron chi connectivity index (χ4n) is 0.797. The van der Waals surface area contributed by atoms with Crippen molar-refractivity contribution in [3.05, 3.63) is 0 Å². The summed E-state index contributed by atoms with van der Waals surface area (Å²) in [6.07, 6.45) is 0. The minimum Gasteiger partial charge on any atom is -0.326 e. The van der Waals surface area contributed by atoms with E-state index in [4.69, 9.17) is 5.14 Å². The Hall–Kier alpha value is -0.800. The fraction of sp³-hybridized carbons (Fsp3) is 0.600. The highest BCUT2D eigenvalue weighted by molar-refractivity contribution is 8.35. The van der Waals surface area contributed by atoms with Gasteiger partial charge >= 0.3 is 0 Å². The largest absolute Gasteiger partial charge is 0.326 e. The van der Waals surface area contributed by atoms with E-state index in [0.717, 1.165) is 11.8 Å². The van der Waals surface area contributed by atoms with Crippen LogP contribution >= 0.6 is 11.8 Å². The molecule has 0 spiro atoms. The quantitative estimate of drug-likeness (QED) is 0.587. The van der Waals surface area contributed by atoms with Crippen molar-refractivity contribution in [2.75, 3.05) is 7.05 Å². The zero-order valence-electron chi connectivity index (χ0n) is 7.59. The summed E-state index contributed by atoms with van der Waals surface area (Å²) in [5.74, 6) is -0.264. The van der Waals surface area contributed by atoms with E-state index in [2.05, 4.69) is 10.4 Å². The first-order valence-electron chi connectivity index (χ1n) is 3.58. The molecule has 1 unspecified atom stereocenters. The predicted octanol–water partition coefficient (Wildman–Crippen LogP) is -1.36. The average Bonchev–Trinajstić information content (AvgIpc) is 2.30. The van der Waals surface area contributed by atoms with Crippen LogP contribution in [0.3, 0.4) is 0 Å². The Morgan fingerprint density at radius 3 is 2.64 bits per heavy atom. The van der Waals surface area contributed by atoms with Crippen LogP contribution in [0, 0.1) is 0 Å². The number of amides is 1. The summed E-state index contributed by atoms with van der Waals surface area (Å²) in [5, 5.41) is 12.4. The molecule has 0 aliphatic carbocycles. The predicted molar refractivity (Wildman–Crippen MR) is 53.5 cm³/mol. The second kappa shape index (κ2) is 3.75. The summed E-state index contributed by atoms with van der Waals surface area (Å²) in [5.41, 5.74) is -0.513. The van der Waals surface area contributed by atoms with Gasteiger partial charge in [0.05, 0.1) is 0 Å². The molecule has 80 valence electrons. The van der Waals surface area contributed by atoms with Crippen LogP contribution in [-0.2, 0) is 14.8 Å². The molecule has 1 aliphatic heterocycles. The lowest BCUT2D eigenvalue weighted by molar-refractivity contribution is -0.119. The Labute approximate surface area is 85.8 Å². The topological polar surface area (TPSA) is 105 Å². The van der Waals surface area contributed by atoms with Gasteiger partial charge in [-0.05, 0) is 11.8 Å². The smallest absolute Gasteiger partial charge is 0.263 e. The van der Waals surface area contributed by atoms with E-state index in [-0.39, 0.29) is 10.3 Å². The Bertz CT molecular complexity index is 376. The van der Waals surface area contributed by atoms with Crippen LogP contribution in [0.25, 0.3) is 0 Å². The first kappa shape index (κ1) is 11.3. The second-order valence-corrected chi connectivity index (χ2v) is 5.46. The van der Waals surface area contributed by atoms with Crippen molar-refractivity contribution in [1.29, 1.82) is 0 Å². The van der Waals surface area contributed by atoms with Crippen LogP contribution < -0.4 is 10.5 Å². The molecule has 1 amide bonds. The molecule has 0 aromatic heterocycles. The summed E-state index contributed by atoms with van der Waals surface area (Å²) in [7, 11) is -2.24. The molecule has 9 heteroatoms. The van der Waals surface area contributed by atoms with Crippen LogP contribution in [0.4, 0.5) is 0 Å². The molecular formula is C5H10N4O3S2. The molecule has 3 N–H and O–H groups in total. The standard InChI is InChI=1S/C5H10N4O3S2/c1-3(10)7-4-9(2)8-5(13-4)14(6,11)12/h4H,1-2H3,(H,7,10)(H2,6,11,12). The van der Waals surface area contributed by atoms with Crippen LogP contribution in [0.1, 0.15) is 6.92 Å². The lowest BCUT2D eigenvalue weighted by Crippen LogP contribution is -2.38. The Morgan fingerprint density at radius 2 is 2.29 bits per heavy atom. The molecule has 1 atom stereocenters. The minimum absolute atomic E-state index is 0.196. The number of hydrogen-bond donors (Lipinski definition) is 2. The lowest BCUT2D eigenvalue weighted by atomic mass is 10.7. The first-order valence-corrected chi connectivity index (χ1v) is 6.01. The number of hydrazone groups is 1. The molecule has 0 radical (unpaired) electrons. The van der Waals surface area contributed by atoms with Gasteiger partial charge in [0.2, 0.25) is 10.3 Å². The minimum atomic E-state index is -3.78. The maximum atomic E-state index is 10.9. The molecular weight excluding hydrogens is 228 g/mol. The van der Waals surface area contributed by atoms with E-state index >= 15 is 0 Å². The SMILES string of the molecule is CC(=O)NC1SC(S(N)(=O)=O)=NN1C. The average molecular weight is 238 g/mol. The summed E-state index contributed by atoms with van der Waals surface area (Å²) >= 11 is 0.885. The number of nitrogens with zero attached hydrogens (tertiary/aromatic N) is 2. The van der Waals surface area contributed by atoms with Gasteiger partial charge in [0.15, 0.2) is 5.50 Å². The van der Waals surface area contributed by atoms with E-state index < -0.39 is 15.5 Å². The Kier molecular flexibility index (Phi) is 3.02. The number of thioether (sulfide) groups is 1. The number of nitrogens with two attached hydrogens (primary N) is 1. The van der Waals surface area contributed by atoms with Gasteiger partial charge in [-0.2, -0.15) is 5.10 Å². The number of rotatable bonds is 1. The summed E-state index contributed by atoms with van der Waals surface area (Å²) in [4.78, 5) is 10.7. The van der Waals surface area contributed by atoms with Gasteiger partial charge in [0.1, 0.15) is 0 Å². The van der Waals surface area contributed by atoms with Crippen LogP contribution in [0.2, 0.25) is 0 Å². The van der Waals surface area contributed by atoms with Gasteiger partial charge in [0.25, 0.3) is 10.0 Å². The van der Waals surface area contributed by atoms with E-state index in [0.29, 0.717) is 0 Å². The summed E-state index contributed by atoms with van der Waals surface area (Å²) < 4.78 is 21.6. The maximum absolute atomic E-state index is 10.9. The molecule has 14 heavy (non-hydrogen) atoms. The highest BCUT2D eigenvalue weighted by Gasteiger charge is 2.31. The van der Waals surface area contributed by atoms with Gasteiger partial charge in [0, 0.05) is 14.0 Å². The van der Waals surface area contributed by atoms with Gasteiger partial charge in [-0.15, -0.1) is 0 Å². The number of carbonyl (C=O) groups excluding carboxylic acids is 1. The number of hydrogen-bond acceptors (Lipinski definition) is 6. The van der Waals surface area contributed by atoms with Crippen molar-refractivity contribution < 1.29 is 13.2 Å². The third-order valence-corrected chi connectivity index (χ3v) is 3.84. The van der Waals surface area contributed by atoms with Crippen molar-refractivity contribution >= 4 is 32.1 Å². The third kappa shape index (κ3) is 2.59. The van der Waals surface area contributed by atoms with Crippen molar-refractivity contribution in [2.45, 2.75) is 12.4 Å². The summed E-state index contributed by atoms with van der Waals surface area (Å²) in [6, 6.07) is 0. The monoisotopic (exact) mass is 238 g/mol. The molecule has 0 bridgehead atoms. The zero-order valence-corrected chi connectivity index (χ0v) is 9.22. The van der Waals surface area contributed by atoms with E-state index in [1.165, 1.54) is 11.9 Å². The molecule has 1 heterocycles. The van der Waals surface area contributed by atoms with E-state index in [1.807, 2.05) is 0 Å². The normalized spacial score (nSPS) is 22.1. The van der Waals surface area contributed by atoms with Gasteiger partial charge < -0.3 is 5.32 Å². The first-order chi connectivity index (χ1) is 6.30. The zero-order chi connectivity index (χ0) is 10.9. The number of primary sulfonamides is 1. The Morgan fingerprint density at radius 1 is 1.71 bits per heavy atom.